The Kier molecular flexibility index (Phi) is 8.41. The summed E-state index contributed by atoms with van der Waals surface area (Å²) >= 11 is 7.56. The lowest BCUT2D eigenvalue weighted by Crippen LogP contribution is -2.44. The van der Waals surface area contributed by atoms with E-state index in [9.17, 15) is 14.4 Å². The van der Waals surface area contributed by atoms with Crippen molar-refractivity contribution in [3.05, 3.63) is 57.2 Å². The molecule has 1 fully saturated rings. The molecule has 0 spiro atoms. The molecule has 0 N–H and O–H groups in total. The summed E-state index contributed by atoms with van der Waals surface area (Å²) in [7, 11) is 0. The van der Waals surface area contributed by atoms with Crippen LogP contribution >= 0.6 is 23.4 Å². The van der Waals surface area contributed by atoms with E-state index < -0.39 is 12.0 Å². The van der Waals surface area contributed by atoms with Crippen LogP contribution in [0, 0.1) is 5.92 Å². The largest absolute Gasteiger partial charge is 0.466 e. The number of hydrogen-bond donors (Lipinski definition) is 0. The number of nitrogens with zero attached hydrogens (tertiary/aromatic N) is 3. The van der Waals surface area contributed by atoms with Crippen LogP contribution in [-0.4, -0.2) is 59.1 Å². The molecule has 1 amide bonds. The van der Waals surface area contributed by atoms with E-state index in [0.717, 1.165) is 24.1 Å². The van der Waals surface area contributed by atoms with Crippen molar-refractivity contribution in [1.29, 1.82) is 0 Å². The number of fused-ring (bicyclic) bond motifs is 1. The highest BCUT2D eigenvalue weighted by Gasteiger charge is 2.41. The van der Waals surface area contributed by atoms with Crippen molar-refractivity contribution in [2.75, 3.05) is 26.3 Å². The Morgan fingerprint density at radius 3 is 2.56 bits per heavy atom. The smallest absolute Gasteiger partial charge is 0.338 e. The first-order valence-electron chi connectivity index (χ1n) is 12.1. The molecule has 1 aromatic rings. The third-order valence-electron chi connectivity index (χ3n) is 6.41. The molecule has 0 saturated carbocycles. The SMILES string of the molecule is CCOC(=O)C1=C(C)N=C2SC=C(CC(=O)N3CCC[C@H](C(=O)OCC)C3)N2[C@H]1c1ccc(Cl)cc1. The van der Waals surface area contributed by atoms with E-state index in [1.54, 1.807) is 37.8 Å². The number of halogens is 1. The van der Waals surface area contributed by atoms with Crippen molar-refractivity contribution in [3.63, 3.8) is 0 Å². The van der Waals surface area contributed by atoms with E-state index in [4.69, 9.17) is 21.1 Å². The zero-order valence-electron chi connectivity index (χ0n) is 20.7. The van der Waals surface area contributed by atoms with Gasteiger partial charge in [0, 0.05) is 23.8 Å². The molecule has 0 radical (unpaired) electrons. The van der Waals surface area contributed by atoms with E-state index in [1.807, 2.05) is 22.4 Å². The van der Waals surface area contributed by atoms with E-state index in [2.05, 4.69) is 4.99 Å². The Morgan fingerprint density at radius 2 is 1.86 bits per heavy atom. The van der Waals surface area contributed by atoms with E-state index in [-0.39, 0.29) is 30.8 Å². The second kappa shape index (κ2) is 11.5. The predicted molar refractivity (Wildman–Crippen MR) is 139 cm³/mol. The second-order valence-electron chi connectivity index (χ2n) is 8.77. The van der Waals surface area contributed by atoms with Crippen LogP contribution in [0.3, 0.4) is 0 Å². The van der Waals surface area contributed by atoms with Gasteiger partial charge in [-0.15, -0.1) is 0 Å². The van der Waals surface area contributed by atoms with Gasteiger partial charge in [-0.05, 0) is 56.7 Å². The van der Waals surface area contributed by atoms with Gasteiger partial charge in [0.2, 0.25) is 5.91 Å². The summed E-state index contributed by atoms with van der Waals surface area (Å²) in [6.45, 7) is 6.87. The van der Waals surface area contributed by atoms with Crippen LogP contribution in [0.4, 0.5) is 0 Å². The lowest BCUT2D eigenvalue weighted by molar-refractivity contribution is -0.151. The molecule has 1 saturated heterocycles. The fourth-order valence-electron chi connectivity index (χ4n) is 4.72. The average molecular weight is 532 g/mol. The summed E-state index contributed by atoms with van der Waals surface area (Å²) in [6, 6.07) is 6.80. The maximum Gasteiger partial charge on any atom is 0.338 e. The number of amidine groups is 1. The standard InChI is InChI=1S/C26H30ClN3O5S/c1-4-34-24(32)18-7-6-12-29(14-18)21(31)13-20-15-36-26-28-16(3)22(25(33)35-5-2)23(30(20)26)17-8-10-19(27)11-9-17/h8-11,15,18,23H,4-7,12-14H2,1-3H3/t18-,23-/m0/s1. The van der Waals surface area contributed by atoms with Gasteiger partial charge in [-0.1, -0.05) is 35.5 Å². The minimum absolute atomic E-state index is 0.0732. The number of esters is 2. The molecule has 192 valence electrons. The number of hydrogen-bond acceptors (Lipinski definition) is 8. The Bertz CT molecular complexity index is 1130. The van der Waals surface area contributed by atoms with Crippen molar-refractivity contribution in [2.24, 2.45) is 10.9 Å². The van der Waals surface area contributed by atoms with Crippen LogP contribution in [0.15, 0.2) is 51.6 Å². The van der Waals surface area contributed by atoms with Crippen LogP contribution in [0.25, 0.3) is 0 Å². The summed E-state index contributed by atoms with van der Waals surface area (Å²) < 4.78 is 10.6. The molecule has 3 aliphatic rings. The van der Waals surface area contributed by atoms with Gasteiger partial charge >= 0.3 is 11.9 Å². The maximum atomic E-state index is 13.4. The van der Waals surface area contributed by atoms with Crippen molar-refractivity contribution >= 4 is 46.4 Å². The molecule has 0 aliphatic carbocycles. The first kappa shape index (κ1) is 26.3. The topological polar surface area (TPSA) is 88.5 Å². The fraction of sp³-hybridized carbons (Fsp3) is 0.462. The highest BCUT2D eigenvalue weighted by Crippen LogP contribution is 2.45. The minimum atomic E-state index is -0.503. The number of ether oxygens (including phenoxy) is 2. The number of carbonyl (C=O) groups excluding carboxylic acids is 3. The minimum Gasteiger partial charge on any atom is -0.466 e. The predicted octanol–water partition coefficient (Wildman–Crippen LogP) is 4.67. The summed E-state index contributed by atoms with van der Waals surface area (Å²) in [6.07, 6.45) is 1.60. The number of thioether (sulfide) groups is 1. The molecule has 36 heavy (non-hydrogen) atoms. The van der Waals surface area contributed by atoms with Crippen LogP contribution in [0.5, 0.6) is 0 Å². The van der Waals surface area contributed by atoms with Gasteiger partial charge in [-0.3, -0.25) is 9.59 Å². The Labute approximate surface area is 220 Å². The lowest BCUT2D eigenvalue weighted by atomic mass is 9.93. The number of aliphatic imine (C=N–C) groups is 1. The van der Waals surface area contributed by atoms with E-state index in [1.165, 1.54) is 11.8 Å². The van der Waals surface area contributed by atoms with Gasteiger partial charge in [0.05, 0.1) is 42.9 Å². The molecular weight excluding hydrogens is 502 g/mol. The number of amides is 1. The summed E-state index contributed by atoms with van der Waals surface area (Å²) in [4.78, 5) is 47.0. The zero-order chi connectivity index (χ0) is 25.8. The monoisotopic (exact) mass is 531 g/mol. The van der Waals surface area contributed by atoms with Crippen molar-refractivity contribution in [1.82, 2.24) is 9.80 Å². The van der Waals surface area contributed by atoms with E-state index in [0.29, 0.717) is 41.2 Å². The molecule has 0 unspecified atom stereocenters. The number of carbonyl (C=O) groups is 3. The van der Waals surface area contributed by atoms with Gasteiger partial charge in [0.15, 0.2) is 5.17 Å². The van der Waals surface area contributed by atoms with Crippen LogP contribution in [0.2, 0.25) is 5.02 Å². The molecule has 1 aromatic carbocycles. The average Bonchev–Trinajstić information content (AvgIpc) is 3.25. The van der Waals surface area contributed by atoms with Gasteiger partial charge in [-0.25, -0.2) is 9.79 Å². The Hall–Kier alpha value is -2.78. The van der Waals surface area contributed by atoms with Gasteiger partial charge in [-0.2, -0.15) is 0 Å². The zero-order valence-corrected chi connectivity index (χ0v) is 22.2. The number of allylic oxidation sites excluding steroid dienone is 1. The number of benzene rings is 1. The second-order valence-corrected chi connectivity index (χ2v) is 10.0. The third-order valence-corrected chi connectivity index (χ3v) is 7.55. The molecule has 0 bridgehead atoms. The van der Waals surface area contributed by atoms with Crippen LogP contribution in [0.1, 0.15) is 51.6 Å². The maximum absolute atomic E-state index is 13.4. The Morgan fingerprint density at radius 1 is 1.14 bits per heavy atom. The number of rotatable bonds is 7. The molecule has 0 aromatic heterocycles. The van der Waals surface area contributed by atoms with Crippen LogP contribution < -0.4 is 0 Å². The van der Waals surface area contributed by atoms with Crippen molar-refractivity contribution < 1.29 is 23.9 Å². The lowest BCUT2D eigenvalue weighted by Gasteiger charge is -2.37. The number of likely N-dealkylation sites (tertiary alicyclic amines) is 1. The summed E-state index contributed by atoms with van der Waals surface area (Å²) in [5.41, 5.74) is 2.61. The summed E-state index contributed by atoms with van der Waals surface area (Å²) in [5.74, 6) is -1.06. The van der Waals surface area contributed by atoms with Gasteiger partial charge in [0.25, 0.3) is 0 Å². The van der Waals surface area contributed by atoms with E-state index >= 15 is 0 Å². The molecule has 4 rings (SSSR count). The quantitative estimate of drug-likeness (QED) is 0.472. The van der Waals surface area contributed by atoms with Crippen molar-refractivity contribution in [2.45, 2.75) is 46.1 Å². The Balaban J connectivity index is 1.60. The van der Waals surface area contributed by atoms with Gasteiger partial charge in [0.1, 0.15) is 0 Å². The molecule has 8 nitrogen and oxygen atoms in total. The molecule has 3 heterocycles. The molecule has 2 atom stereocenters. The molecule has 10 heteroatoms. The molecular formula is C26H30ClN3O5S. The first-order chi connectivity index (χ1) is 17.3. The van der Waals surface area contributed by atoms with Crippen molar-refractivity contribution in [3.8, 4) is 0 Å². The third kappa shape index (κ3) is 5.47. The first-order valence-corrected chi connectivity index (χ1v) is 13.4. The normalized spacial score (nSPS) is 21.6. The number of piperidine rings is 1. The van der Waals surface area contributed by atoms with Gasteiger partial charge < -0.3 is 19.3 Å². The van der Waals surface area contributed by atoms with Crippen LogP contribution in [-0.2, 0) is 23.9 Å². The summed E-state index contributed by atoms with van der Waals surface area (Å²) in [5, 5.41) is 3.20. The highest BCUT2D eigenvalue weighted by atomic mass is 35.5. The highest BCUT2D eigenvalue weighted by molar-refractivity contribution is 8.16. The molecule has 3 aliphatic heterocycles. The fourth-order valence-corrected chi connectivity index (χ4v) is 5.81.